The summed E-state index contributed by atoms with van der Waals surface area (Å²) < 4.78 is 5.13. The van der Waals surface area contributed by atoms with Crippen LogP contribution in [0.15, 0.2) is 29.3 Å². The van der Waals surface area contributed by atoms with Gasteiger partial charge in [-0.05, 0) is 37.0 Å². The van der Waals surface area contributed by atoms with Gasteiger partial charge in [-0.1, -0.05) is 12.1 Å². The quantitative estimate of drug-likeness (QED) is 0.865. The van der Waals surface area contributed by atoms with E-state index in [4.69, 9.17) is 4.74 Å². The molecule has 0 aliphatic carbocycles. The van der Waals surface area contributed by atoms with Crippen LogP contribution in [0.3, 0.4) is 0 Å². The van der Waals surface area contributed by atoms with E-state index < -0.39 is 0 Å². The lowest BCUT2D eigenvalue weighted by Crippen LogP contribution is -2.29. The summed E-state index contributed by atoms with van der Waals surface area (Å²) in [5.41, 5.74) is 1.31. The summed E-state index contributed by atoms with van der Waals surface area (Å²) in [6.07, 6.45) is 4.66. The summed E-state index contributed by atoms with van der Waals surface area (Å²) in [4.78, 5) is 4.60. The summed E-state index contributed by atoms with van der Waals surface area (Å²) in [6, 6.07) is 8.21. The Morgan fingerprint density at radius 2 is 2.06 bits per heavy atom. The number of nitrogens with zero attached hydrogens (tertiary/aromatic N) is 1. The number of nitrogens with one attached hydrogen (secondary N) is 1. The molecule has 1 aromatic rings. The number of aliphatic imine (C=N–C) groups is 1. The highest BCUT2D eigenvalue weighted by Crippen LogP contribution is 2.11. The highest BCUT2D eigenvalue weighted by atomic mass is 16.5. The molecule has 0 amide bonds. The number of rotatable bonds is 4. The molecule has 0 saturated carbocycles. The number of piperidine rings is 1. The van der Waals surface area contributed by atoms with Crippen molar-refractivity contribution in [2.75, 3.05) is 20.2 Å². The third kappa shape index (κ3) is 3.77. The molecule has 0 aromatic heterocycles. The molecule has 92 valence electrons. The van der Waals surface area contributed by atoms with Crippen molar-refractivity contribution >= 4 is 5.84 Å². The van der Waals surface area contributed by atoms with Gasteiger partial charge in [-0.15, -0.1) is 0 Å². The Hall–Kier alpha value is -1.51. The van der Waals surface area contributed by atoms with Gasteiger partial charge in [-0.25, -0.2) is 0 Å². The first kappa shape index (κ1) is 12.0. The summed E-state index contributed by atoms with van der Waals surface area (Å²) in [5.74, 6) is 2.10. The molecular formula is C14H20N2O. The maximum Gasteiger partial charge on any atom is 0.118 e. The van der Waals surface area contributed by atoms with Crippen LogP contribution >= 0.6 is 0 Å². The summed E-state index contributed by atoms with van der Waals surface area (Å²) in [5, 5.41) is 3.35. The number of methoxy groups -OCH3 is 1. The normalized spacial score (nSPS) is 17.8. The van der Waals surface area contributed by atoms with Crippen molar-refractivity contribution in [3.8, 4) is 5.75 Å². The number of hydrogen-bond donors (Lipinski definition) is 1. The van der Waals surface area contributed by atoms with Crippen molar-refractivity contribution in [3.05, 3.63) is 29.8 Å². The smallest absolute Gasteiger partial charge is 0.118 e. The molecule has 0 atom stereocenters. The van der Waals surface area contributed by atoms with Crippen LogP contribution in [0.1, 0.15) is 24.8 Å². The molecular weight excluding hydrogens is 212 g/mol. The van der Waals surface area contributed by atoms with E-state index in [1.54, 1.807) is 7.11 Å². The molecule has 3 nitrogen and oxygen atoms in total. The fraction of sp³-hybridized carbons (Fsp3) is 0.500. The number of benzene rings is 1. The highest BCUT2D eigenvalue weighted by Gasteiger charge is 2.04. The maximum atomic E-state index is 5.13. The lowest BCUT2D eigenvalue weighted by atomic mass is 10.1. The fourth-order valence-corrected chi connectivity index (χ4v) is 1.99. The van der Waals surface area contributed by atoms with E-state index in [-0.39, 0.29) is 0 Å². The molecule has 1 heterocycles. The third-order valence-corrected chi connectivity index (χ3v) is 3.03. The van der Waals surface area contributed by atoms with E-state index in [0.29, 0.717) is 0 Å². The van der Waals surface area contributed by atoms with Crippen LogP contribution in [-0.2, 0) is 6.42 Å². The molecule has 0 bridgehead atoms. The largest absolute Gasteiger partial charge is 0.497 e. The third-order valence-electron chi connectivity index (χ3n) is 3.03. The second-order valence-electron chi connectivity index (χ2n) is 4.31. The van der Waals surface area contributed by atoms with E-state index in [1.165, 1.54) is 24.2 Å². The van der Waals surface area contributed by atoms with Gasteiger partial charge in [0.2, 0.25) is 0 Å². The van der Waals surface area contributed by atoms with Gasteiger partial charge in [0.05, 0.1) is 12.9 Å². The average molecular weight is 232 g/mol. The zero-order valence-corrected chi connectivity index (χ0v) is 10.4. The predicted octanol–water partition coefficient (Wildman–Crippen LogP) is 2.41. The standard InChI is InChI=1S/C14H20N2O/c1-17-13-7-5-12(6-8-13)9-11-16-14-4-2-3-10-15-14/h5-8H,2-4,9-11H2,1H3,(H,15,16). The Morgan fingerprint density at radius 1 is 1.24 bits per heavy atom. The first-order valence-electron chi connectivity index (χ1n) is 6.28. The zero-order chi connectivity index (χ0) is 11.9. The number of ether oxygens (including phenoxy) is 1. The topological polar surface area (TPSA) is 33.6 Å². The van der Waals surface area contributed by atoms with E-state index in [2.05, 4.69) is 22.4 Å². The number of hydrogen-bond acceptors (Lipinski definition) is 2. The van der Waals surface area contributed by atoms with Crippen molar-refractivity contribution in [1.29, 1.82) is 0 Å². The first-order valence-corrected chi connectivity index (χ1v) is 6.28. The zero-order valence-electron chi connectivity index (χ0n) is 10.4. The molecule has 1 aliphatic heterocycles. The molecule has 1 aliphatic rings. The van der Waals surface area contributed by atoms with Gasteiger partial charge in [0.1, 0.15) is 5.75 Å². The van der Waals surface area contributed by atoms with Crippen LogP contribution in [0.4, 0.5) is 0 Å². The minimum atomic E-state index is 0.870. The molecule has 17 heavy (non-hydrogen) atoms. The predicted molar refractivity (Wildman–Crippen MR) is 70.9 cm³/mol. The second-order valence-corrected chi connectivity index (χ2v) is 4.31. The average Bonchev–Trinajstić information content (AvgIpc) is 2.41. The molecule has 1 N–H and O–H groups in total. The van der Waals surface area contributed by atoms with Gasteiger partial charge in [-0.2, -0.15) is 0 Å². The monoisotopic (exact) mass is 232 g/mol. The van der Waals surface area contributed by atoms with Crippen LogP contribution in [0.2, 0.25) is 0 Å². The van der Waals surface area contributed by atoms with Crippen molar-refractivity contribution in [1.82, 2.24) is 5.32 Å². The molecule has 0 radical (unpaired) electrons. The Labute approximate surface area is 103 Å². The van der Waals surface area contributed by atoms with Crippen LogP contribution < -0.4 is 10.1 Å². The fourth-order valence-electron chi connectivity index (χ4n) is 1.99. The molecule has 3 heteroatoms. The van der Waals surface area contributed by atoms with Gasteiger partial charge in [-0.3, -0.25) is 4.99 Å². The molecule has 0 spiro atoms. The van der Waals surface area contributed by atoms with Crippen molar-refractivity contribution in [2.24, 2.45) is 4.99 Å². The van der Waals surface area contributed by atoms with E-state index in [9.17, 15) is 0 Å². The SMILES string of the molecule is COc1ccc(CCN=C2CCCCN2)cc1. The Morgan fingerprint density at radius 3 is 2.71 bits per heavy atom. The Kier molecular flexibility index (Phi) is 4.42. The van der Waals surface area contributed by atoms with Crippen molar-refractivity contribution in [3.63, 3.8) is 0 Å². The Bertz CT molecular complexity index is 362. The first-order chi connectivity index (χ1) is 8.38. The maximum absolute atomic E-state index is 5.13. The van der Waals surface area contributed by atoms with Crippen LogP contribution in [0, 0.1) is 0 Å². The highest BCUT2D eigenvalue weighted by molar-refractivity contribution is 5.82. The summed E-state index contributed by atoms with van der Waals surface area (Å²) in [6.45, 7) is 1.95. The lowest BCUT2D eigenvalue weighted by molar-refractivity contribution is 0.414. The van der Waals surface area contributed by atoms with E-state index in [1.807, 2.05) is 12.1 Å². The van der Waals surface area contributed by atoms with Crippen molar-refractivity contribution < 1.29 is 4.74 Å². The lowest BCUT2D eigenvalue weighted by Gasteiger charge is -2.15. The Balaban J connectivity index is 1.80. The van der Waals surface area contributed by atoms with E-state index >= 15 is 0 Å². The molecule has 1 fully saturated rings. The minimum Gasteiger partial charge on any atom is -0.497 e. The van der Waals surface area contributed by atoms with Gasteiger partial charge in [0, 0.05) is 19.5 Å². The van der Waals surface area contributed by atoms with Gasteiger partial charge < -0.3 is 10.1 Å². The van der Waals surface area contributed by atoms with Gasteiger partial charge in [0.15, 0.2) is 0 Å². The van der Waals surface area contributed by atoms with Gasteiger partial charge in [0.25, 0.3) is 0 Å². The van der Waals surface area contributed by atoms with E-state index in [0.717, 1.165) is 31.7 Å². The van der Waals surface area contributed by atoms with Crippen LogP contribution in [0.5, 0.6) is 5.75 Å². The molecule has 1 saturated heterocycles. The van der Waals surface area contributed by atoms with Crippen molar-refractivity contribution in [2.45, 2.75) is 25.7 Å². The second kappa shape index (κ2) is 6.28. The number of amidine groups is 1. The van der Waals surface area contributed by atoms with Crippen LogP contribution in [-0.4, -0.2) is 26.0 Å². The summed E-state index contributed by atoms with van der Waals surface area (Å²) in [7, 11) is 1.69. The van der Waals surface area contributed by atoms with Crippen LogP contribution in [0.25, 0.3) is 0 Å². The molecule has 2 rings (SSSR count). The molecule has 1 aromatic carbocycles. The van der Waals surface area contributed by atoms with Gasteiger partial charge >= 0.3 is 0 Å². The minimum absolute atomic E-state index is 0.870. The molecule has 0 unspecified atom stereocenters. The summed E-state index contributed by atoms with van der Waals surface area (Å²) >= 11 is 0.